The number of thioether (sulfide) groups is 1. The summed E-state index contributed by atoms with van der Waals surface area (Å²) < 4.78 is 13.5. The van der Waals surface area contributed by atoms with Gasteiger partial charge in [0.25, 0.3) is 0 Å². The van der Waals surface area contributed by atoms with E-state index in [1.54, 1.807) is 17.8 Å². The number of nitrogens with one attached hydrogen (secondary N) is 1. The molecular weight excluding hydrogens is 263 g/mol. The summed E-state index contributed by atoms with van der Waals surface area (Å²) in [6.45, 7) is 0.175. The fourth-order valence-electron chi connectivity index (χ4n) is 1.85. The van der Waals surface area contributed by atoms with Gasteiger partial charge in [-0.15, -0.1) is 11.8 Å². The van der Waals surface area contributed by atoms with Crippen LogP contribution in [-0.4, -0.2) is 23.5 Å². The highest BCUT2D eigenvalue weighted by Gasteiger charge is 2.23. The number of hydrogen-bond acceptors (Lipinski definition) is 3. The van der Waals surface area contributed by atoms with Gasteiger partial charge in [0, 0.05) is 5.69 Å². The molecule has 3 nitrogen and oxygen atoms in total. The standard InChI is InChI=1S/C14H15FN2OS/c15-12-6-5-11(9-10(12)3-1-7-16)17-14(18)13-4-2-8-19-13/h5-6,9,13H,2,4,7-8,16H2,(H,17,18). The second kappa shape index (κ2) is 6.60. The first-order valence-corrected chi connectivity index (χ1v) is 7.16. The molecule has 1 heterocycles. The molecule has 0 aliphatic carbocycles. The van der Waals surface area contributed by atoms with Crippen LogP contribution in [0, 0.1) is 17.7 Å². The Morgan fingerprint density at radius 1 is 1.58 bits per heavy atom. The fraction of sp³-hybridized carbons (Fsp3) is 0.357. The van der Waals surface area contributed by atoms with Crippen LogP contribution in [0.2, 0.25) is 0 Å². The van der Waals surface area contributed by atoms with Gasteiger partial charge in [0.1, 0.15) is 5.82 Å². The van der Waals surface area contributed by atoms with Crippen molar-refractivity contribution in [3.8, 4) is 11.8 Å². The van der Waals surface area contributed by atoms with Crippen LogP contribution in [0.15, 0.2) is 18.2 Å². The number of anilines is 1. The van der Waals surface area contributed by atoms with Crippen molar-refractivity contribution in [2.75, 3.05) is 17.6 Å². The topological polar surface area (TPSA) is 55.1 Å². The van der Waals surface area contributed by atoms with Crippen molar-refractivity contribution in [3.05, 3.63) is 29.6 Å². The molecule has 1 aromatic rings. The lowest BCUT2D eigenvalue weighted by molar-refractivity contribution is -0.115. The van der Waals surface area contributed by atoms with Crippen LogP contribution in [0.3, 0.4) is 0 Å². The van der Waals surface area contributed by atoms with Gasteiger partial charge in [0.15, 0.2) is 0 Å². The van der Waals surface area contributed by atoms with E-state index in [4.69, 9.17) is 5.73 Å². The van der Waals surface area contributed by atoms with Crippen LogP contribution in [-0.2, 0) is 4.79 Å². The first-order chi connectivity index (χ1) is 9.20. The monoisotopic (exact) mass is 278 g/mol. The predicted octanol–water partition coefficient (Wildman–Crippen LogP) is 1.97. The van der Waals surface area contributed by atoms with Crippen LogP contribution >= 0.6 is 11.8 Å². The number of benzene rings is 1. The molecule has 5 heteroatoms. The zero-order chi connectivity index (χ0) is 13.7. The smallest absolute Gasteiger partial charge is 0.237 e. The van der Waals surface area contributed by atoms with Gasteiger partial charge in [0.05, 0.1) is 17.4 Å². The van der Waals surface area contributed by atoms with Gasteiger partial charge in [-0.1, -0.05) is 11.8 Å². The Balaban J connectivity index is 2.10. The Morgan fingerprint density at radius 3 is 3.11 bits per heavy atom. The summed E-state index contributed by atoms with van der Waals surface area (Å²) in [5, 5.41) is 2.81. The molecule has 1 unspecified atom stereocenters. The molecule has 19 heavy (non-hydrogen) atoms. The Hall–Kier alpha value is -1.51. The van der Waals surface area contributed by atoms with E-state index in [1.165, 1.54) is 12.1 Å². The lowest BCUT2D eigenvalue weighted by atomic mass is 10.1. The third-order valence-corrected chi connectivity index (χ3v) is 4.16. The lowest BCUT2D eigenvalue weighted by Crippen LogP contribution is -2.22. The quantitative estimate of drug-likeness (QED) is 0.813. The van der Waals surface area contributed by atoms with Gasteiger partial charge >= 0.3 is 0 Å². The van der Waals surface area contributed by atoms with E-state index in [2.05, 4.69) is 17.2 Å². The molecule has 1 aromatic carbocycles. The van der Waals surface area contributed by atoms with E-state index < -0.39 is 5.82 Å². The van der Waals surface area contributed by atoms with Crippen molar-refractivity contribution < 1.29 is 9.18 Å². The lowest BCUT2D eigenvalue weighted by Gasteiger charge is -2.10. The molecule has 0 saturated carbocycles. The van der Waals surface area contributed by atoms with Crippen LogP contribution in [0.25, 0.3) is 0 Å². The highest BCUT2D eigenvalue weighted by Crippen LogP contribution is 2.27. The highest BCUT2D eigenvalue weighted by atomic mass is 32.2. The third kappa shape index (κ3) is 3.72. The van der Waals surface area contributed by atoms with Gasteiger partial charge in [0.2, 0.25) is 5.91 Å². The largest absolute Gasteiger partial charge is 0.325 e. The van der Waals surface area contributed by atoms with E-state index in [-0.39, 0.29) is 23.3 Å². The fourth-order valence-corrected chi connectivity index (χ4v) is 3.01. The molecule has 0 spiro atoms. The zero-order valence-electron chi connectivity index (χ0n) is 10.4. The maximum absolute atomic E-state index is 13.5. The normalized spacial score (nSPS) is 17.7. The van der Waals surface area contributed by atoms with Crippen molar-refractivity contribution in [1.82, 2.24) is 0 Å². The summed E-state index contributed by atoms with van der Waals surface area (Å²) >= 11 is 1.66. The average molecular weight is 278 g/mol. The van der Waals surface area contributed by atoms with E-state index in [0.29, 0.717) is 5.69 Å². The van der Waals surface area contributed by atoms with Crippen LogP contribution in [0.4, 0.5) is 10.1 Å². The van der Waals surface area contributed by atoms with Gasteiger partial charge in [-0.25, -0.2) is 4.39 Å². The van der Waals surface area contributed by atoms with Crippen LogP contribution < -0.4 is 11.1 Å². The first-order valence-electron chi connectivity index (χ1n) is 6.11. The molecular formula is C14H15FN2OS. The minimum Gasteiger partial charge on any atom is -0.325 e. The molecule has 0 aromatic heterocycles. The maximum Gasteiger partial charge on any atom is 0.237 e. The van der Waals surface area contributed by atoms with Crippen molar-refractivity contribution in [2.45, 2.75) is 18.1 Å². The van der Waals surface area contributed by atoms with Crippen molar-refractivity contribution in [1.29, 1.82) is 0 Å². The Labute approximate surface area is 116 Å². The highest BCUT2D eigenvalue weighted by molar-refractivity contribution is 8.00. The summed E-state index contributed by atoms with van der Waals surface area (Å²) in [5.41, 5.74) is 6.08. The van der Waals surface area contributed by atoms with Gasteiger partial charge in [-0.3, -0.25) is 4.79 Å². The molecule has 2 rings (SSSR count). The van der Waals surface area contributed by atoms with E-state index in [9.17, 15) is 9.18 Å². The molecule has 1 amide bonds. The molecule has 1 saturated heterocycles. The number of amides is 1. The summed E-state index contributed by atoms with van der Waals surface area (Å²) in [4.78, 5) is 11.9. The van der Waals surface area contributed by atoms with Crippen LogP contribution in [0.1, 0.15) is 18.4 Å². The number of nitrogens with two attached hydrogens (primary N) is 1. The van der Waals surface area contributed by atoms with E-state index >= 15 is 0 Å². The first kappa shape index (κ1) is 13.9. The molecule has 1 atom stereocenters. The molecule has 1 fully saturated rings. The number of halogens is 1. The minimum absolute atomic E-state index is 0.00336. The van der Waals surface area contributed by atoms with E-state index in [1.807, 2.05) is 0 Å². The van der Waals surface area contributed by atoms with Gasteiger partial charge in [-0.05, 0) is 36.8 Å². The minimum atomic E-state index is -0.408. The molecule has 0 radical (unpaired) electrons. The third-order valence-electron chi connectivity index (χ3n) is 2.78. The summed E-state index contributed by atoms with van der Waals surface area (Å²) in [5.74, 6) is 5.84. The predicted molar refractivity (Wildman–Crippen MR) is 76.4 cm³/mol. The molecule has 0 bridgehead atoms. The Morgan fingerprint density at radius 2 is 2.42 bits per heavy atom. The average Bonchev–Trinajstić information content (AvgIpc) is 2.93. The van der Waals surface area contributed by atoms with Crippen molar-refractivity contribution >= 4 is 23.4 Å². The van der Waals surface area contributed by atoms with Crippen LogP contribution in [0.5, 0.6) is 0 Å². The van der Waals surface area contributed by atoms with Gasteiger partial charge < -0.3 is 11.1 Å². The molecule has 1 aliphatic heterocycles. The van der Waals surface area contributed by atoms with E-state index in [0.717, 1.165) is 18.6 Å². The summed E-state index contributed by atoms with van der Waals surface area (Å²) in [7, 11) is 0. The maximum atomic E-state index is 13.5. The van der Waals surface area contributed by atoms with Crippen molar-refractivity contribution in [2.24, 2.45) is 5.73 Å². The van der Waals surface area contributed by atoms with Gasteiger partial charge in [-0.2, -0.15) is 0 Å². The SMILES string of the molecule is NCC#Cc1cc(NC(=O)C2CCCS2)ccc1F. The second-order valence-corrected chi connectivity index (χ2v) is 5.50. The number of rotatable bonds is 2. The zero-order valence-corrected chi connectivity index (χ0v) is 11.2. The number of carbonyl (C=O) groups is 1. The summed E-state index contributed by atoms with van der Waals surface area (Å²) in [6, 6.07) is 4.38. The number of carbonyl (C=O) groups excluding carboxylic acids is 1. The van der Waals surface area contributed by atoms with Crippen molar-refractivity contribution in [3.63, 3.8) is 0 Å². The molecule has 3 N–H and O–H groups in total. The molecule has 100 valence electrons. The number of hydrogen-bond donors (Lipinski definition) is 2. The Kier molecular flexibility index (Phi) is 4.83. The second-order valence-electron chi connectivity index (χ2n) is 4.19. The Bertz CT molecular complexity index is 530. The summed E-state index contributed by atoms with van der Waals surface area (Å²) in [6.07, 6.45) is 1.97. The molecule has 1 aliphatic rings.